The van der Waals surface area contributed by atoms with Gasteiger partial charge in [0.15, 0.2) is 5.13 Å². The van der Waals surface area contributed by atoms with Crippen LogP contribution in [0.1, 0.15) is 16.0 Å². The molecule has 0 saturated carbocycles. The molecule has 0 fully saturated rings. The molecule has 26 heavy (non-hydrogen) atoms. The second-order valence-corrected chi connectivity index (χ2v) is 7.37. The SMILES string of the molecule is O=C(Nc1ncc(Cc2ccccc2Cl)s1)C1=Cc2ccccc2OC1. The molecule has 2 heterocycles. The molecular weight excluding hydrogens is 368 g/mol. The molecule has 4 nitrogen and oxygen atoms in total. The minimum atomic E-state index is -0.196. The molecule has 6 heteroatoms. The average Bonchev–Trinajstić information content (AvgIpc) is 3.10. The summed E-state index contributed by atoms with van der Waals surface area (Å²) in [5.41, 5.74) is 2.52. The zero-order valence-corrected chi connectivity index (χ0v) is 15.3. The van der Waals surface area contributed by atoms with Gasteiger partial charge in [-0.05, 0) is 23.8 Å². The summed E-state index contributed by atoms with van der Waals surface area (Å²) < 4.78 is 5.63. The van der Waals surface area contributed by atoms with Gasteiger partial charge in [0.05, 0.1) is 5.57 Å². The molecule has 0 radical (unpaired) electrons. The van der Waals surface area contributed by atoms with Crippen LogP contribution < -0.4 is 10.1 Å². The van der Waals surface area contributed by atoms with Gasteiger partial charge in [-0.15, -0.1) is 11.3 Å². The second-order valence-electron chi connectivity index (χ2n) is 5.85. The van der Waals surface area contributed by atoms with Crippen LogP contribution in [-0.2, 0) is 11.2 Å². The summed E-state index contributed by atoms with van der Waals surface area (Å²) in [6.07, 6.45) is 4.31. The number of hydrogen-bond donors (Lipinski definition) is 1. The molecule has 1 aromatic heterocycles. The Kier molecular flexibility index (Phi) is 4.73. The van der Waals surface area contributed by atoms with E-state index in [1.54, 1.807) is 6.20 Å². The third kappa shape index (κ3) is 3.64. The number of aromatic nitrogens is 1. The molecule has 0 saturated heterocycles. The van der Waals surface area contributed by atoms with E-state index in [2.05, 4.69) is 10.3 Å². The van der Waals surface area contributed by atoms with Crippen LogP contribution in [-0.4, -0.2) is 17.5 Å². The molecule has 0 aliphatic carbocycles. The number of carbonyl (C=O) groups is 1. The monoisotopic (exact) mass is 382 g/mol. The smallest absolute Gasteiger partial charge is 0.256 e. The lowest BCUT2D eigenvalue weighted by Crippen LogP contribution is -2.21. The van der Waals surface area contributed by atoms with Crippen LogP contribution in [0.3, 0.4) is 0 Å². The van der Waals surface area contributed by atoms with E-state index in [1.165, 1.54) is 11.3 Å². The Bertz CT molecular complexity index is 997. The number of rotatable bonds is 4. The minimum Gasteiger partial charge on any atom is -0.488 e. The van der Waals surface area contributed by atoms with E-state index in [-0.39, 0.29) is 12.5 Å². The number of nitrogens with one attached hydrogen (secondary N) is 1. The summed E-state index contributed by atoms with van der Waals surface area (Å²) in [5, 5.41) is 4.15. The first-order chi connectivity index (χ1) is 12.7. The molecule has 1 aliphatic rings. The van der Waals surface area contributed by atoms with Gasteiger partial charge in [-0.2, -0.15) is 0 Å². The third-order valence-corrected chi connectivity index (χ3v) is 5.30. The summed E-state index contributed by atoms with van der Waals surface area (Å²) in [4.78, 5) is 17.8. The van der Waals surface area contributed by atoms with Crippen molar-refractivity contribution >= 4 is 40.1 Å². The minimum absolute atomic E-state index is 0.196. The quantitative estimate of drug-likeness (QED) is 0.705. The van der Waals surface area contributed by atoms with E-state index in [1.807, 2.05) is 54.6 Å². The van der Waals surface area contributed by atoms with Gasteiger partial charge in [0, 0.05) is 28.1 Å². The van der Waals surface area contributed by atoms with Gasteiger partial charge in [-0.25, -0.2) is 4.98 Å². The maximum absolute atomic E-state index is 12.5. The summed E-state index contributed by atoms with van der Waals surface area (Å²) in [7, 11) is 0. The highest BCUT2D eigenvalue weighted by molar-refractivity contribution is 7.15. The third-order valence-electron chi connectivity index (χ3n) is 4.02. The van der Waals surface area contributed by atoms with E-state index in [0.29, 0.717) is 17.1 Å². The highest BCUT2D eigenvalue weighted by Crippen LogP contribution is 2.28. The van der Waals surface area contributed by atoms with E-state index in [0.717, 1.165) is 26.8 Å². The van der Waals surface area contributed by atoms with Crippen molar-refractivity contribution in [1.29, 1.82) is 0 Å². The number of fused-ring (bicyclic) bond motifs is 1. The second kappa shape index (κ2) is 7.32. The zero-order valence-electron chi connectivity index (χ0n) is 13.7. The fraction of sp³-hybridized carbons (Fsp3) is 0.100. The van der Waals surface area contributed by atoms with Crippen molar-refractivity contribution in [2.24, 2.45) is 0 Å². The molecule has 1 amide bonds. The predicted octanol–water partition coefficient (Wildman–Crippen LogP) is 4.80. The maximum atomic E-state index is 12.5. The molecule has 4 rings (SSSR count). The molecular formula is C20H15ClN2O2S. The fourth-order valence-electron chi connectivity index (χ4n) is 2.70. The van der Waals surface area contributed by atoms with E-state index >= 15 is 0 Å². The lowest BCUT2D eigenvalue weighted by Gasteiger charge is -2.16. The van der Waals surface area contributed by atoms with E-state index in [4.69, 9.17) is 16.3 Å². The van der Waals surface area contributed by atoms with E-state index in [9.17, 15) is 4.79 Å². The number of para-hydroxylation sites is 1. The molecule has 3 aromatic rings. The van der Waals surface area contributed by atoms with Crippen LogP contribution >= 0.6 is 22.9 Å². The van der Waals surface area contributed by atoms with Crippen molar-refractivity contribution in [3.05, 3.63) is 81.3 Å². The molecule has 0 spiro atoms. The summed E-state index contributed by atoms with van der Waals surface area (Å²) in [6.45, 7) is 0.251. The predicted molar refractivity (Wildman–Crippen MR) is 105 cm³/mol. The van der Waals surface area contributed by atoms with Crippen molar-refractivity contribution in [2.75, 3.05) is 11.9 Å². The fourth-order valence-corrected chi connectivity index (χ4v) is 3.73. The first-order valence-electron chi connectivity index (χ1n) is 8.11. The van der Waals surface area contributed by atoms with Gasteiger partial charge in [-0.1, -0.05) is 48.0 Å². The number of amides is 1. The highest BCUT2D eigenvalue weighted by atomic mass is 35.5. The average molecular weight is 383 g/mol. The van der Waals surface area contributed by atoms with Gasteiger partial charge in [-0.3, -0.25) is 10.1 Å². The Morgan fingerprint density at radius 2 is 2.00 bits per heavy atom. The van der Waals surface area contributed by atoms with Crippen LogP contribution in [0.5, 0.6) is 5.75 Å². The topological polar surface area (TPSA) is 51.2 Å². The Morgan fingerprint density at radius 1 is 1.19 bits per heavy atom. The largest absolute Gasteiger partial charge is 0.488 e. The number of hydrogen-bond acceptors (Lipinski definition) is 4. The summed E-state index contributed by atoms with van der Waals surface area (Å²) in [6, 6.07) is 15.4. The number of ether oxygens (including phenoxy) is 1. The van der Waals surface area contributed by atoms with Crippen LogP contribution in [0.25, 0.3) is 6.08 Å². The van der Waals surface area contributed by atoms with Gasteiger partial charge in [0.1, 0.15) is 12.4 Å². The Labute approximate surface area is 160 Å². The van der Waals surface area contributed by atoms with Crippen LogP contribution in [0, 0.1) is 0 Å². The van der Waals surface area contributed by atoms with Crippen LogP contribution in [0.2, 0.25) is 5.02 Å². The van der Waals surface area contributed by atoms with E-state index < -0.39 is 0 Å². The van der Waals surface area contributed by atoms with Crippen molar-refractivity contribution in [2.45, 2.75) is 6.42 Å². The summed E-state index contributed by atoms with van der Waals surface area (Å²) >= 11 is 7.65. The number of thiazole rings is 1. The lowest BCUT2D eigenvalue weighted by atomic mass is 10.1. The van der Waals surface area contributed by atoms with Crippen molar-refractivity contribution in [1.82, 2.24) is 4.98 Å². The van der Waals surface area contributed by atoms with Crippen molar-refractivity contribution < 1.29 is 9.53 Å². The number of halogens is 1. The number of benzene rings is 2. The maximum Gasteiger partial charge on any atom is 0.256 e. The summed E-state index contributed by atoms with van der Waals surface area (Å²) in [5.74, 6) is 0.596. The Hall–Kier alpha value is -2.63. The Morgan fingerprint density at radius 3 is 2.88 bits per heavy atom. The number of anilines is 1. The number of nitrogens with zero attached hydrogens (tertiary/aromatic N) is 1. The van der Waals surface area contributed by atoms with Crippen molar-refractivity contribution in [3.63, 3.8) is 0 Å². The van der Waals surface area contributed by atoms with Crippen LogP contribution in [0.4, 0.5) is 5.13 Å². The first-order valence-corrected chi connectivity index (χ1v) is 9.30. The van der Waals surface area contributed by atoms with Crippen molar-refractivity contribution in [3.8, 4) is 5.75 Å². The first kappa shape index (κ1) is 16.8. The molecule has 1 aliphatic heterocycles. The molecule has 1 N–H and O–H groups in total. The molecule has 2 aromatic carbocycles. The lowest BCUT2D eigenvalue weighted by molar-refractivity contribution is -0.113. The normalized spacial score (nSPS) is 12.7. The van der Waals surface area contributed by atoms with Gasteiger partial charge in [0.2, 0.25) is 0 Å². The highest BCUT2D eigenvalue weighted by Gasteiger charge is 2.18. The molecule has 0 atom stereocenters. The number of carbonyl (C=O) groups excluding carboxylic acids is 1. The van der Waals surface area contributed by atoms with Gasteiger partial charge < -0.3 is 4.74 Å². The van der Waals surface area contributed by atoms with Gasteiger partial charge in [0.25, 0.3) is 5.91 Å². The molecule has 130 valence electrons. The standard InChI is InChI=1S/C20H15ClN2O2S/c21-17-7-3-1-5-13(17)10-16-11-22-20(26-16)23-19(24)15-9-14-6-2-4-8-18(14)25-12-15/h1-9,11H,10,12H2,(H,22,23,24). The zero-order chi connectivity index (χ0) is 17.9. The molecule has 0 bridgehead atoms. The van der Waals surface area contributed by atoms with Gasteiger partial charge >= 0.3 is 0 Å². The van der Waals surface area contributed by atoms with Crippen LogP contribution in [0.15, 0.2) is 60.3 Å². The molecule has 0 unspecified atom stereocenters. The Balaban J connectivity index is 1.45.